The van der Waals surface area contributed by atoms with Crippen molar-refractivity contribution in [1.29, 1.82) is 0 Å². The molecule has 3 heterocycles. The van der Waals surface area contributed by atoms with Crippen LogP contribution in [0.15, 0.2) is 4.52 Å². The number of hydrogen-bond donors (Lipinski definition) is 2. The van der Waals surface area contributed by atoms with Crippen molar-refractivity contribution in [3.05, 3.63) is 11.7 Å². The Labute approximate surface area is 98.0 Å². The van der Waals surface area contributed by atoms with Crippen LogP contribution < -0.4 is 5.32 Å². The largest absolute Gasteiger partial charge is 0.392 e. The molecule has 0 amide bonds. The van der Waals surface area contributed by atoms with E-state index in [4.69, 9.17) is 4.52 Å². The van der Waals surface area contributed by atoms with Crippen LogP contribution in [-0.2, 0) is 0 Å². The summed E-state index contributed by atoms with van der Waals surface area (Å²) in [6, 6.07) is 0.0302. The van der Waals surface area contributed by atoms with Crippen LogP contribution in [0.3, 0.4) is 0 Å². The number of rotatable bonds is 2. The minimum atomic E-state index is -0.291. The maximum absolute atomic E-state index is 9.42. The Hall–Kier alpha value is -0.590. The third kappa shape index (κ3) is 1.97. The molecule has 1 aromatic rings. The fourth-order valence-corrected chi connectivity index (χ4v) is 3.40. The lowest BCUT2D eigenvalue weighted by Gasteiger charge is -2.02. The summed E-state index contributed by atoms with van der Waals surface area (Å²) in [5.74, 6) is 2.63. The summed E-state index contributed by atoms with van der Waals surface area (Å²) in [6.45, 7) is 0.612. The highest BCUT2D eigenvalue weighted by Crippen LogP contribution is 2.38. The first-order valence-corrected chi connectivity index (χ1v) is 6.74. The van der Waals surface area contributed by atoms with Gasteiger partial charge in [-0.3, -0.25) is 0 Å². The van der Waals surface area contributed by atoms with Gasteiger partial charge >= 0.3 is 0 Å². The van der Waals surface area contributed by atoms with Crippen LogP contribution >= 0.6 is 11.8 Å². The van der Waals surface area contributed by atoms with E-state index in [2.05, 4.69) is 15.5 Å². The lowest BCUT2D eigenvalue weighted by Crippen LogP contribution is -2.15. The van der Waals surface area contributed by atoms with E-state index in [9.17, 15) is 5.11 Å². The van der Waals surface area contributed by atoms with Gasteiger partial charge in [-0.1, -0.05) is 5.16 Å². The van der Waals surface area contributed by atoms with E-state index < -0.39 is 0 Å². The third-order valence-corrected chi connectivity index (χ3v) is 4.45. The molecule has 2 fully saturated rings. The molecular formula is C10H15N3O2S. The molecule has 0 saturated carbocycles. The van der Waals surface area contributed by atoms with Gasteiger partial charge in [-0.2, -0.15) is 16.7 Å². The van der Waals surface area contributed by atoms with Crippen LogP contribution in [0.2, 0.25) is 0 Å². The minimum absolute atomic E-state index is 0.0302. The van der Waals surface area contributed by atoms with Gasteiger partial charge in [0.15, 0.2) is 5.82 Å². The summed E-state index contributed by atoms with van der Waals surface area (Å²) in [5.41, 5.74) is 0. The number of aromatic nitrogens is 2. The minimum Gasteiger partial charge on any atom is -0.392 e. The Morgan fingerprint density at radius 3 is 3.12 bits per heavy atom. The van der Waals surface area contributed by atoms with E-state index in [1.807, 2.05) is 11.8 Å². The lowest BCUT2D eigenvalue weighted by molar-refractivity contribution is 0.191. The fourth-order valence-electron chi connectivity index (χ4n) is 2.21. The highest BCUT2D eigenvalue weighted by Gasteiger charge is 2.30. The van der Waals surface area contributed by atoms with E-state index in [1.165, 1.54) is 12.2 Å². The van der Waals surface area contributed by atoms with Crippen LogP contribution in [0.1, 0.15) is 42.3 Å². The second kappa shape index (κ2) is 4.35. The van der Waals surface area contributed by atoms with Crippen molar-refractivity contribution < 1.29 is 9.63 Å². The quantitative estimate of drug-likeness (QED) is 0.806. The van der Waals surface area contributed by atoms with E-state index in [-0.39, 0.29) is 12.1 Å². The number of nitrogens with zero attached hydrogens (tertiary/aromatic N) is 2. The van der Waals surface area contributed by atoms with Gasteiger partial charge < -0.3 is 14.9 Å². The van der Waals surface area contributed by atoms with E-state index >= 15 is 0 Å². The summed E-state index contributed by atoms with van der Waals surface area (Å²) in [5, 5.41) is 17.0. The summed E-state index contributed by atoms with van der Waals surface area (Å²) in [7, 11) is 0. The van der Waals surface area contributed by atoms with Gasteiger partial charge in [-0.15, -0.1) is 0 Å². The molecule has 2 aliphatic heterocycles. The zero-order chi connectivity index (χ0) is 11.0. The van der Waals surface area contributed by atoms with Gasteiger partial charge in [0.25, 0.3) is 0 Å². The number of nitrogens with one attached hydrogen (secondary N) is 1. The molecule has 2 N–H and O–H groups in total. The van der Waals surface area contributed by atoms with Crippen molar-refractivity contribution in [3.8, 4) is 0 Å². The van der Waals surface area contributed by atoms with Crippen LogP contribution in [-0.4, -0.2) is 33.6 Å². The maximum atomic E-state index is 9.42. The van der Waals surface area contributed by atoms with Crippen molar-refractivity contribution in [2.24, 2.45) is 0 Å². The molecule has 5 nitrogen and oxygen atoms in total. The molecular weight excluding hydrogens is 226 g/mol. The Balaban J connectivity index is 1.72. The number of hydrogen-bond acceptors (Lipinski definition) is 6. The van der Waals surface area contributed by atoms with Crippen molar-refractivity contribution >= 4 is 11.8 Å². The predicted molar refractivity (Wildman–Crippen MR) is 60.1 cm³/mol. The Morgan fingerprint density at radius 2 is 2.44 bits per heavy atom. The standard InChI is InChI=1S/C10H15N3O2S/c14-6-4-7(11-5-6)10-12-9(13-15-10)8-2-1-3-16-8/h6-8,11,14H,1-5H2/t6-,7+,8?/m1/s1. The van der Waals surface area contributed by atoms with Crippen molar-refractivity contribution in [2.45, 2.75) is 36.7 Å². The van der Waals surface area contributed by atoms with Gasteiger partial charge in [0.05, 0.1) is 17.4 Å². The van der Waals surface area contributed by atoms with Gasteiger partial charge in [0.1, 0.15) is 0 Å². The highest BCUT2D eigenvalue weighted by molar-refractivity contribution is 7.99. The SMILES string of the molecule is O[C@H]1CN[C@H](c2nc(C3CCCS3)no2)C1. The summed E-state index contributed by atoms with van der Waals surface area (Å²) >= 11 is 1.90. The fraction of sp³-hybridized carbons (Fsp3) is 0.800. The Morgan fingerprint density at radius 1 is 1.50 bits per heavy atom. The predicted octanol–water partition coefficient (Wildman–Crippen LogP) is 1.03. The first-order valence-electron chi connectivity index (χ1n) is 5.69. The first-order chi connectivity index (χ1) is 7.83. The van der Waals surface area contributed by atoms with E-state index in [1.54, 1.807) is 0 Å². The third-order valence-electron chi connectivity index (χ3n) is 3.08. The summed E-state index contributed by atoms with van der Waals surface area (Å²) in [4.78, 5) is 4.44. The van der Waals surface area contributed by atoms with Crippen molar-refractivity contribution in [1.82, 2.24) is 15.5 Å². The molecule has 0 spiro atoms. The molecule has 1 unspecified atom stereocenters. The second-order valence-electron chi connectivity index (χ2n) is 4.34. The van der Waals surface area contributed by atoms with Gasteiger partial charge in [-0.25, -0.2) is 0 Å². The first kappa shape index (κ1) is 10.6. The maximum Gasteiger partial charge on any atom is 0.243 e. The summed E-state index contributed by atoms with van der Waals surface area (Å²) < 4.78 is 5.26. The van der Waals surface area contributed by atoms with Crippen molar-refractivity contribution in [2.75, 3.05) is 12.3 Å². The van der Waals surface area contributed by atoms with Crippen molar-refractivity contribution in [3.63, 3.8) is 0 Å². The molecule has 88 valence electrons. The Bertz CT molecular complexity index is 365. The Kier molecular flexibility index (Phi) is 2.87. The van der Waals surface area contributed by atoms with E-state index in [0.29, 0.717) is 24.1 Å². The summed E-state index contributed by atoms with van der Waals surface area (Å²) in [6.07, 6.45) is 2.75. The lowest BCUT2D eigenvalue weighted by atomic mass is 10.2. The molecule has 0 aliphatic carbocycles. The number of aliphatic hydroxyl groups excluding tert-OH is 1. The van der Waals surface area contributed by atoms with Gasteiger partial charge in [0, 0.05) is 6.54 Å². The average Bonchev–Trinajstić information content (AvgIpc) is 2.97. The van der Waals surface area contributed by atoms with Crippen LogP contribution in [0.4, 0.5) is 0 Å². The molecule has 0 radical (unpaired) electrons. The molecule has 16 heavy (non-hydrogen) atoms. The number of thioether (sulfide) groups is 1. The monoisotopic (exact) mass is 241 g/mol. The van der Waals surface area contributed by atoms with Gasteiger partial charge in [-0.05, 0) is 25.0 Å². The molecule has 1 aromatic heterocycles. The normalized spacial score (nSPS) is 34.7. The zero-order valence-corrected chi connectivity index (χ0v) is 9.74. The average molecular weight is 241 g/mol. The molecule has 0 bridgehead atoms. The molecule has 2 saturated heterocycles. The smallest absolute Gasteiger partial charge is 0.243 e. The molecule has 0 aromatic carbocycles. The molecule has 3 rings (SSSR count). The van der Waals surface area contributed by atoms with Crippen LogP contribution in [0.5, 0.6) is 0 Å². The molecule has 2 aliphatic rings. The van der Waals surface area contributed by atoms with Crippen LogP contribution in [0.25, 0.3) is 0 Å². The number of aliphatic hydroxyl groups is 1. The second-order valence-corrected chi connectivity index (χ2v) is 5.65. The highest BCUT2D eigenvalue weighted by atomic mass is 32.2. The number of β-amino-alcohol motifs (C(OH)–C–C–N with tert-alkyl or cyclic N) is 1. The molecule has 6 heteroatoms. The molecule has 3 atom stereocenters. The van der Waals surface area contributed by atoms with Crippen LogP contribution in [0, 0.1) is 0 Å². The zero-order valence-electron chi connectivity index (χ0n) is 8.93. The van der Waals surface area contributed by atoms with Gasteiger partial charge in [0.2, 0.25) is 5.89 Å². The topological polar surface area (TPSA) is 71.2 Å². The van der Waals surface area contributed by atoms with E-state index in [0.717, 1.165) is 12.2 Å².